The van der Waals surface area contributed by atoms with Crippen molar-refractivity contribution >= 4 is 23.4 Å². The lowest BCUT2D eigenvalue weighted by Crippen LogP contribution is -1.99. The molecule has 0 aliphatic carbocycles. The number of thioether (sulfide) groups is 1. The number of rotatable bonds is 3. The molecule has 0 aliphatic rings. The summed E-state index contributed by atoms with van der Waals surface area (Å²) in [6.07, 6.45) is 5.47. The van der Waals surface area contributed by atoms with E-state index in [0.29, 0.717) is 5.02 Å². The summed E-state index contributed by atoms with van der Waals surface area (Å²) < 4.78 is 2.01. The Bertz CT molecular complexity index is 710. The van der Waals surface area contributed by atoms with Crippen LogP contribution in [0.1, 0.15) is 0 Å². The first-order valence-electron chi connectivity index (χ1n) is 5.95. The molecule has 6 heteroatoms. The van der Waals surface area contributed by atoms with Crippen LogP contribution in [0.2, 0.25) is 5.02 Å². The van der Waals surface area contributed by atoms with Crippen LogP contribution in [0, 0.1) is 0 Å². The van der Waals surface area contributed by atoms with E-state index in [-0.39, 0.29) is 0 Å². The molecule has 2 aromatic heterocycles. The number of hydrogen-bond donors (Lipinski definition) is 0. The van der Waals surface area contributed by atoms with Crippen LogP contribution >= 0.6 is 23.4 Å². The maximum atomic E-state index is 5.95. The van der Waals surface area contributed by atoms with Gasteiger partial charge in [0.1, 0.15) is 0 Å². The first kappa shape index (κ1) is 13.1. The maximum absolute atomic E-state index is 5.95. The van der Waals surface area contributed by atoms with Crippen LogP contribution in [0.4, 0.5) is 0 Å². The number of aromatic nitrogens is 4. The molecule has 0 spiro atoms. The summed E-state index contributed by atoms with van der Waals surface area (Å²) in [5, 5.41) is 10.1. The molecule has 20 heavy (non-hydrogen) atoms. The van der Waals surface area contributed by atoms with Gasteiger partial charge in [-0.15, -0.1) is 10.2 Å². The van der Waals surface area contributed by atoms with Gasteiger partial charge < -0.3 is 0 Å². The number of nitrogens with zero attached hydrogens (tertiary/aromatic N) is 4. The molecule has 0 atom stereocenters. The molecule has 0 saturated heterocycles. The molecular weight excluding hydrogens is 292 g/mol. The van der Waals surface area contributed by atoms with E-state index in [1.54, 1.807) is 24.2 Å². The number of benzene rings is 1. The minimum Gasteiger partial charge on any atom is -0.270 e. The summed E-state index contributed by atoms with van der Waals surface area (Å²) in [7, 11) is 0. The Hall–Kier alpha value is -1.85. The van der Waals surface area contributed by atoms with Crippen LogP contribution in [0.3, 0.4) is 0 Å². The van der Waals surface area contributed by atoms with E-state index in [1.165, 1.54) is 0 Å². The Morgan fingerprint density at radius 3 is 2.35 bits per heavy atom. The van der Waals surface area contributed by atoms with Gasteiger partial charge in [0.25, 0.3) is 0 Å². The Morgan fingerprint density at radius 2 is 1.70 bits per heavy atom. The Morgan fingerprint density at radius 1 is 1.00 bits per heavy atom. The highest BCUT2D eigenvalue weighted by Gasteiger charge is 2.14. The van der Waals surface area contributed by atoms with Gasteiger partial charge in [0.15, 0.2) is 11.0 Å². The summed E-state index contributed by atoms with van der Waals surface area (Å²) in [4.78, 5) is 4.03. The molecule has 4 nitrogen and oxygen atoms in total. The topological polar surface area (TPSA) is 43.6 Å². The third kappa shape index (κ3) is 2.42. The van der Waals surface area contributed by atoms with E-state index in [0.717, 1.165) is 22.2 Å². The average molecular weight is 303 g/mol. The normalized spacial score (nSPS) is 10.7. The zero-order valence-corrected chi connectivity index (χ0v) is 12.3. The zero-order chi connectivity index (χ0) is 13.9. The van der Waals surface area contributed by atoms with Gasteiger partial charge in [-0.05, 0) is 42.7 Å². The molecule has 1 aromatic carbocycles. The third-order valence-corrected chi connectivity index (χ3v) is 3.72. The highest BCUT2D eigenvalue weighted by molar-refractivity contribution is 7.98. The molecule has 0 unspecified atom stereocenters. The molecule has 0 aliphatic heterocycles. The zero-order valence-electron chi connectivity index (χ0n) is 10.7. The van der Waals surface area contributed by atoms with Gasteiger partial charge in [0.2, 0.25) is 0 Å². The molecule has 0 saturated carbocycles. The van der Waals surface area contributed by atoms with Gasteiger partial charge in [-0.25, -0.2) is 0 Å². The second-order valence-electron chi connectivity index (χ2n) is 4.06. The van der Waals surface area contributed by atoms with E-state index in [4.69, 9.17) is 11.6 Å². The van der Waals surface area contributed by atoms with E-state index in [9.17, 15) is 0 Å². The van der Waals surface area contributed by atoms with Crippen LogP contribution in [-0.2, 0) is 0 Å². The summed E-state index contributed by atoms with van der Waals surface area (Å²) in [5.41, 5.74) is 1.96. The van der Waals surface area contributed by atoms with Crippen molar-refractivity contribution in [2.75, 3.05) is 6.26 Å². The fourth-order valence-corrected chi connectivity index (χ4v) is 2.54. The summed E-state index contributed by atoms with van der Waals surface area (Å²) in [5.74, 6) is 0.791. The predicted molar refractivity (Wildman–Crippen MR) is 81.4 cm³/mol. The molecule has 0 radical (unpaired) electrons. The predicted octanol–water partition coefficient (Wildman–Crippen LogP) is 3.70. The molecule has 0 N–H and O–H groups in total. The third-order valence-electron chi connectivity index (χ3n) is 2.84. The molecule has 100 valence electrons. The fraction of sp³-hybridized carbons (Fsp3) is 0.0714. The lowest BCUT2D eigenvalue weighted by atomic mass is 10.2. The average Bonchev–Trinajstić information content (AvgIpc) is 2.93. The van der Waals surface area contributed by atoms with Crippen LogP contribution in [0.5, 0.6) is 0 Å². The summed E-state index contributed by atoms with van der Waals surface area (Å²) >= 11 is 7.50. The van der Waals surface area contributed by atoms with E-state index >= 15 is 0 Å². The van der Waals surface area contributed by atoms with Crippen LogP contribution < -0.4 is 0 Å². The van der Waals surface area contributed by atoms with Crippen molar-refractivity contribution in [3.63, 3.8) is 0 Å². The molecule has 3 aromatic rings. The molecule has 0 amide bonds. The molecule has 0 bridgehead atoms. The summed E-state index contributed by atoms with van der Waals surface area (Å²) in [6.45, 7) is 0. The van der Waals surface area contributed by atoms with Crippen LogP contribution in [0.15, 0.2) is 53.9 Å². The van der Waals surface area contributed by atoms with Gasteiger partial charge in [0.05, 0.1) is 0 Å². The number of halogens is 1. The smallest absolute Gasteiger partial charge is 0.195 e. The van der Waals surface area contributed by atoms with Crippen molar-refractivity contribution < 1.29 is 0 Å². The molecular formula is C14H11ClN4S. The highest BCUT2D eigenvalue weighted by Crippen LogP contribution is 2.27. The largest absolute Gasteiger partial charge is 0.270 e. The second kappa shape index (κ2) is 5.64. The van der Waals surface area contributed by atoms with Crippen molar-refractivity contribution in [3.05, 3.63) is 53.8 Å². The number of hydrogen-bond acceptors (Lipinski definition) is 4. The van der Waals surface area contributed by atoms with Gasteiger partial charge in [-0.1, -0.05) is 23.4 Å². The monoisotopic (exact) mass is 302 g/mol. The van der Waals surface area contributed by atoms with Crippen LogP contribution in [-0.4, -0.2) is 26.0 Å². The van der Waals surface area contributed by atoms with Gasteiger partial charge >= 0.3 is 0 Å². The van der Waals surface area contributed by atoms with Crippen LogP contribution in [0.25, 0.3) is 17.1 Å². The van der Waals surface area contributed by atoms with Gasteiger partial charge in [0, 0.05) is 28.7 Å². The Balaban J connectivity index is 2.18. The standard InChI is InChI=1S/C14H11ClN4S/c1-20-14-18-17-13(10-6-8-16-9-7-10)19(14)12-4-2-11(15)3-5-12/h2-9H,1H3. The summed E-state index contributed by atoms with van der Waals surface area (Å²) in [6, 6.07) is 11.5. The SMILES string of the molecule is CSc1nnc(-c2ccncc2)n1-c1ccc(Cl)cc1. The molecule has 0 fully saturated rings. The van der Waals surface area contributed by atoms with E-state index < -0.39 is 0 Å². The minimum absolute atomic E-state index is 0.706. The number of pyridine rings is 1. The lowest BCUT2D eigenvalue weighted by molar-refractivity contribution is 0.889. The second-order valence-corrected chi connectivity index (χ2v) is 5.27. The first-order valence-corrected chi connectivity index (χ1v) is 7.55. The molecule has 3 rings (SSSR count). The minimum atomic E-state index is 0.706. The lowest BCUT2D eigenvalue weighted by Gasteiger charge is -2.09. The van der Waals surface area contributed by atoms with E-state index in [1.807, 2.05) is 47.2 Å². The van der Waals surface area contributed by atoms with Gasteiger partial charge in [-0.2, -0.15) is 0 Å². The van der Waals surface area contributed by atoms with Crippen molar-refractivity contribution in [1.29, 1.82) is 0 Å². The highest BCUT2D eigenvalue weighted by atomic mass is 35.5. The van der Waals surface area contributed by atoms with Gasteiger partial charge in [-0.3, -0.25) is 9.55 Å². The maximum Gasteiger partial charge on any atom is 0.195 e. The molecule has 2 heterocycles. The van der Waals surface area contributed by atoms with Crippen molar-refractivity contribution in [2.24, 2.45) is 0 Å². The Kier molecular flexibility index (Phi) is 3.71. The first-order chi connectivity index (χ1) is 9.79. The quantitative estimate of drug-likeness (QED) is 0.692. The van der Waals surface area contributed by atoms with Crippen molar-refractivity contribution in [3.8, 4) is 17.1 Å². The fourth-order valence-electron chi connectivity index (χ4n) is 1.91. The van der Waals surface area contributed by atoms with E-state index in [2.05, 4.69) is 15.2 Å². The van der Waals surface area contributed by atoms with Crippen molar-refractivity contribution in [2.45, 2.75) is 5.16 Å². The Labute approximate surface area is 125 Å². The van der Waals surface area contributed by atoms with Crippen molar-refractivity contribution in [1.82, 2.24) is 19.7 Å².